The topological polar surface area (TPSA) is 180 Å². The number of esters is 2. The van der Waals surface area contributed by atoms with E-state index in [4.69, 9.17) is 30.4 Å². The molecule has 47 heavy (non-hydrogen) atoms. The molecule has 12 nitrogen and oxygen atoms in total. The molecular formula is C35H44N6O6. The fraction of sp³-hybridized carbons (Fsp3) is 0.371. The van der Waals surface area contributed by atoms with Gasteiger partial charge >= 0.3 is 11.9 Å². The van der Waals surface area contributed by atoms with Gasteiger partial charge < -0.3 is 40.4 Å². The monoisotopic (exact) mass is 644 g/mol. The number of nitrogens with one attached hydrogen (secondary N) is 2. The molecule has 0 aliphatic heterocycles. The van der Waals surface area contributed by atoms with Gasteiger partial charge in [0.1, 0.15) is 22.9 Å². The Balaban J connectivity index is 0.000000223. The zero-order chi connectivity index (χ0) is 34.6. The van der Waals surface area contributed by atoms with Gasteiger partial charge in [-0.15, -0.1) is 0 Å². The van der Waals surface area contributed by atoms with E-state index in [2.05, 4.69) is 53.7 Å². The molecule has 0 fully saturated rings. The fourth-order valence-electron chi connectivity index (χ4n) is 5.32. The number of carbonyl (C=O) groups excluding carboxylic acids is 2. The van der Waals surface area contributed by atoms with Gasteiger partial charge in [-0.05, 0) is 73.9 Å². The predicted octanol–water partition coefficient (Wildman–Crippen LogP) is 7.31. The van der Waals surface area contributed by atoms with Crippen molar-refractivity contribution in [2.75, 3.05) is 31.8 Å². The van der Waals surface area contributed by atoms with E-state index in [9.17, 15) is 9.59 Å². The number of aromatic amines is 2. The second-order valence-corrected chi connectivity index (χ2v) is 11.7. The van der Waals surface area contributed by atoms with Crippen LogP contribution < -0.4 is 20.9 Å². The first kappa shape index (κ1) is 34.6. The number of H-pyrrole nitrogens is 2. The van der Waals surface area contributed by atoms with Gasteiger partial charge in [0.15, 0.2) is 11.6 Å². The molecule has 3 heterocycles. The van der Waals surface area contributed by atoms with Crippen LogP contribution in [0, 0.1) is 13.8 Å². The van der Waals surface area contributed by atoms with Crippen LogP contribution in [-0.2, 0) is 9.47 Å². The first-order chi connectivity index (χ1) is 22.3. The highest BCUT2D eigenvalue weighted by Gasteiger charge is 2.21. The maximum Gasteiger partial charge on any atom is 0.355 e. The largest absolute Gasteiger partial charge is 0.496 e. The number of anilines is 2. The maximum absolute atomic E-state index is 12.2. The van der Waals surface area contributed by atoms with Gasteiger partial charge in [0.25, 0.3) is 0 Å². The van der Waals surface area contributed by atoms with Crippen LogP contribution in [0.15, 0.2) is 30.5 Å². The third kappa shape index (κ3) is 7.26. The number of rotatable bonds is 9. The zero-order valence-electron chi connectivity index (χ0n) is 28.5. The summed E-state index contributed by atoms with van der Waals surface area (Å²) in [4.78, 5) is 38.2. The SMILES string of the molecule is CCOC(=O)c1[nH]c2cc(OC)c(C(C)C)cc2c1C.CCOC(=O)c1[nH]c2cc(Oc3cnc(N)nc3N)c(C(C)C)cc2c1C. The van der Waals surface area contributed by atoms with E-state index in [1.807, 2.05) is 32.0 Å². The molecular weight excluding hydrogens is 600 g/mol. The molecule has 0 radical (unpaired) electrons. The molecule has 12 heteroatoms. The summed E-state index contributed by atoms with van der Waals surface area (Å²) in [6.07, 6.45) is 1.44. The Morgan fingerprint density at radius 1 is 0.766 bits per heavy atom. The first-order valence-electron chi connectivity index (χ1n) is 15.6. The summed E-state index contributed by atoms with van der Waals surface area (Å²) in [5.74, 6) is 1.85. The number of fused-ring (bicyclic) bond motifs is 2. The molecule has 0 saturated carbocycles. The number of benzene rings is 2. The van der Waals surface area contributed by atoms with E-state index in [-0.39, 0.29) is 29.6 Å². The number of nitrogens with zero attached hydrogens (tertiary/aromatic N) is 2. The number of hydrogen-bond acceptors (Lipinski definition) is 10. The van der Waals surface area contributed by atoms with Crippen LogP contribution in [-0.4, -0.2) is 52.2 Å². The molecule has 5 aromatic rings. The zero-order valence-corrected chi connectivity index (χ0v) is 28.5. The average molecular weight is 645 g/mol. The average Bonchev–Trinajstić information content (AvgIpc) is 3.53. The second kappa shape index (κ2) is 14.4. The summed E-state index contributed by atoms with van der Waals surface area (Å²) >= 11 is 0. The number of ether oxygens (including phenoxy) is 4. The standard InChI is InChI=1S/C19H23N5O3.C16H21NO3/c1-5-26-18(25)16-10(4)12-6-11(9(2)3)14(7-13(12)23-16)27-15-8-22-19(21)24-17(15)20;1-6-20-16(18)15-10(4)12-7-11(9(2)3)14(19-5)8-13(12)17-15/h6-9,23H,5H2,1-4H3,(H4,20,21,22,24);7-9,17H,6H2,1-5H3. The van der Waals surface area contributed by atoms with E-state index in [0.717, 1.165) is 49.8 Å². The lowest BCUT2D eigenvalue weighted by molar-refractivity contribution is 0.0510. The molecule has 0 amide bonds. The van der Waals surface area contributed by atoms with Crippen LogP contribution in [0.5, 0.6) is 17.2 Å². The van der Waals surface area contributed by atoms with Crippen molar-refractivity contribution < 1.29 is 28.5 Å². The highest BCUT2D eigenvalue weighted by molar-refractivity contribution is 5.99. The molecule has 0 aliphatic carbocycles. The smallest absolute Gasteiger partial charge is 0.355 e. The Bertz CT molecular complexity index is 1920. The van der Waals surface area contributed by atoms with E-state index in [0.29, 0.717) is 42.0 Å². The molecule has 3 aromatic heterocycles. The normalized spacial score (nSPS) is 11.1. The van der Waals surface area contributed by atoms with Crippen LogP contribution in [0.4, 0.5) is 11.8 Å². The minimum atomic E-state index is -0.379. The Hall–Kier alpha value is -5.26. The fourth-order valence-corrected chi connectivity index (χ4v) is 5.32. The van der Waals surface area contributed by atoms with Crippen molar-refractivity contribution in [2.24, 2.45) is 0 Å². The molecule has 6 N–H and O–H groups in total. The number of carbonyl (C=O) groups is 2. The van der Waals surface area contributed by atoms with E-state index in [1.165, 1.54) is 6.20 Å². The molecule has 250 valence electrons. The molecule has 0 unspecified atom stereocenters. The summed E-state index contributed by atoms with van der Waals surface area (Å²) < 4.78 is 21.6. The Morgan fingerprint density at radius 3 is 1.66 bits per heavy atom. The summed E-state index contributed by atoms with van der Waals surface area (Å²) in [6.45, 7) is 16.5. The molecule has 0 atom stereocenters. The Kier molecular flexibility index (Phi) is 10.6. The van der Waals surface area contributed by atoms with Crippen molar-refractivity contribution in [1.29, 1.82) is 0 Å². The molecule has 5 rings (SSSR count). The number of nitrogen functional groups attached to an aromatic ring is 2. The number of aromatic nitrogens is 4. The summed E-state index contributed by atoms with van der Waals surface area (Å²) in [7, 11) is 1.66. The molecule has 0 spiro atoms. The van der Waals surface area contributed by atoms with E-state index < -0.39 is 0 Å². The minimum absolute atomic E-state index is 0.0819. The van der Waals surface area contributed by atoms with Crippen molar-refractivity contribution in [3.05, 3.63) is 64.1 Å². The van der Waals surface area contributed by atoms with Crippen LogP contribution in [0.1, 0.15) is 96.6 Å². The molecule has 0 bridgehead atoms. The molecule has 2 aromatic carbocycles. The van der Waals surface area contributed by atoms with Crippen molar-refractivity contribution >= 4 is 45.5 Å². The lowest BCUT2D eigenvalue weighted by Crippen LogP contribution is -2.06. The third-order valence-corrected chi connectivity index (χ3v) is 7.82. The van der Waals surface area contributed by atoms with Gasteiger partial charge in [0, 0.05) is 22.9 Å². The van der Waals surface area contributed by atoms with Crippen LogP contribution in [0.2, 0.25) is 0 Å². The summed E-state index contributed by atoms with van der Waals surface area (Å²) in [5.41, 5.74) is 17.9. The van der Waals surface area contributed by atoms with Crippen molar-refractivity contribution in [2.45, 2.75) is 67.2 Å². The Labute approximate surface area is 274 Å². The van der Waals surface area contributed by atoms with Crippen molar-refractivity contribution in [3.63, 3.8) is 0 Å². The Morgan fingerprint density at radius 2 is 1.23 bits per heavy atom. The molecule has 0 saturated heterocycles. The highest BCUT2D eigenvalue weighted by atomic mass is 16.5. The van der Waals surface area contributed by atoms with Crippen molar-refractivity contribution in [1.82, 2.24) is 19.9 Å². The van der Waals surface area contributed by atoms with Gasteiger partial charge in [-0.2, -0.15) is 4.98 Å². The van der Waals surface area contributed by atoms with E-state index >= 15 is 0 Å². The van der Waals surface area contributed by atoms with Gasteiger partial charge in [0.2, 0.25) is 5.95 Å². The van der Waals surface area contributed by atoms with Gasteiger partial charge in [-0.25, -0.2) is 14.6 Å². The number of hydrogen-bond donors (Lipinski definition) is 4. The maximum atomic E-state index is 12.2. The highest BCUT2D eigenvalue weighted by Crippen LogP contribution is 2.37. The summed E-state index contributed by atoms with van der Waals surface area (Å²) in [6, 6.07) is 7.89. The lowest BCUT2D eigenvalue weighted by atomic mass is 9.99. The van der Waals surface area contributed by atoms with Gasteiger partial charge in [-0.1, -0.05) is 27.7 Å². The van der Waals surface area contributed by atoms with Crippen molar-refractivity contribution in [3.8, 4) is 17.2 Å². The molecule has 0 aliphatic rings. The van der Waals surface area contributed by atoms with Crippen LogP contribution >= 0.6 is 0 Å². The van der Waals surface area contributed by atoms with Crippen LogP contribution in [0.3, 0.4) is 0 Å². The second-order valence-electron chi connectivity index (χ2n) is 11.7. The van der Waals surface area contributed by atoms with E-state index in [1.54, 1.807) is 21.0 Å². The number of nitrogens with two attached hydrogens (primary N) is 2. The lowest BCUT2D eigenvalue weighted by Gasteiger charge is -2.15. The quantitative estimate of drug-likeness (QED) is 0.119. The third-order valence-electron chi connectivity index (χ3n) is 7.82. The predicted molar refractivity (Wildman–Crippen MR) is 184 cm³/mol. The first-order valence-corrected chi connectivity index (χ1v) is 15.6. The minimum Gasteiger partial charge on any atom is -0.496 e. The van der Waals surface area contributed by atoms with Gasteiger partial charge in [-0.3, -0.25) is 0 Å². The van der Waals surface area contributed by atoms with Gasteiger partial charge in [0.05, 0.1) is 37.6 Å². The number of methoxy groups -OCH3 is 1. The van der Waals surface area contributed by atoms with Crippen LogP contribution in [0.25, 0.3) is 21.8 Å². The summed E-state index contributed by atoms with van der Waals surface area (Å²) in [5, 5.41) is 1.98. The number of aryl methyl sites for hydroxylation is 2.